The van der Waals surface area contributed by atoms with Crippen LogP contribution in [0.1, 0.15) is 35.7 Å². The first-order valence-electron chi connectivity index (χ1n) is 10.8. The molecule has 1 aliphatic heterocycles. The lowest BCUT2D eigenvalue weighted by atomic mass is 10.00. The number of fused-ring (bicyclic) bond motifs is 1. The Balaban J connectivity index is 1.57. The zero-order chi connectivity index (χ0) is 22.7. The van der Waals surface area contributed by atoms with E-state index in [2.05, 4.69) is 17.1 Å². The Morgan fingerprint density at radius 1 is 1.19 bits per heavy atom. The van der Waals surface area contributed by atoms with Gasteiger partial charge in [-0.2, -0.15) is 0 Å². The van der Waals surface area contributed by atoms with Gasteiger partial charge < -0.3 is 20.1 Å². The molecule has 1 fully saturated rings. The molecule has 2 heterocycles. The summed E-state index contributed by atoms with van der Waals surface area (Å²) in [6.45, 7) is 3.95. The number of carboxylic acids is 1. The number of rotatable bonds is 6. The average Bonchev–Trinajstić information content (AvgIpc) is 2.78. The van der Waals surface area contributed by atoms with Gasteiger partial charge in [-0.1, -0.05) is 19.1 Å². The third kappa shape index (κ3) is 4.82. The molecule has 1 amide bonds. The summed E-state index contributed by atoms with van der Waals surface area (Å²) < 4.78 is 5.14. The molecule has 7 heteroatoms. The number of piperidine rings is 1. The molecular formula is C25H27N3O4. The van der Waals surface area contributed by atoms with Crippen molar-refractivity contribution in [2.24, 2.45) is 5.92 Å². The van der Waals surface area contributed by atoms with E-state index >= 15 is 0 Å². The molecular weight excluding hydrogens is 406 g/mol. The van der Waals surface area contributed by atoms with Crippen molar-refractivity contribution in [3.8, 4) is 5.75 Å². The molecule has 2 aromatic carbocycles. The van der Waals surface area contributed by atoms with Crippen LogP contribution < -0.4 is 15.0 Å². The minimum absolute atomic E-state index is 0.182. The number of aromatic nitrogens is 1. The molecule has 3 aromatic rings. The van der Waals surface area contributed by atoms with Gasteiger partial charge in [0.1, 0.15) is 11.6 Å². The molecule has 1 atom stereocenters. The quantitative estimate of drug-likeness (QED) is 0.600. The van der Waals surface area contributed by atoms with Crippen LogP contribution in [-0.4, -0.2) is 42.2 Å². The van der Waals surface area contributed by atoms with E-state index in [1.807, 2.05) is 24.3 Å². The molecule has 0 saturated carbocycles. The summed E-state index contributed by atoms with van der Waals surface area (Å²) in [5.74, 6) is 0.787. The maximum atomic E-state index is 12.5. The normalized spacial score (nSPS) is 16.1. The number of carbonyl (C=O) groups excluding carboxylic acids is 1. The lowest BCUT2D eigenvalue weighted by Crippen LogP contribution is -2.35. The van der Waals surface area contributed by atoms with Gasteiger partial charge in [-0.3, -0.25) is 4.79 Å². The van der Waals surface area contributed by atoms with Crippen LogP contribution in [0.4, 0.5) is 11.5 Å². The monoisotopic (exact) mass is 433 g/mol. The number of aromatic carboxylic acids is 1. The molecule has 1 aliphatic rings. The van der Waals surface area contributed by atoms with Crippen LogP contribution in [0.25, 0.3) is 10.9 Å². The van der Waals surface area contributed by atoms with Crippen molar-refractivity contribution in [1.82, 2.24) is 4.98 Å². The predicted molar refractivity (Wildman–Crippen MR) is 125 cm³/mol. The fraction of sp³-hybridized carbons (Fsp3) is 0.320. The van der Waals surface area contributed by atoms with Crippen LogP contribution in [0.3, 0.4) is 0 Å². The van der Waals surface area contributed by atoms with Gasteiger partial charge in [-0.15, -0.1) is 0 Å². The van der Waals surface area contributed by atoms with E-state index < -0.39 is 5.97 Å². The smallest absolute Gasteiger partial charge is 0.336 e. The molecule has 0 unspecified atom stereocenters. The first kappa shape index (κ1) is 21.6. The third-order valence-corrected chi connectivity index (χ3v) is 5.81. The number of nitrogens with zero attached hydrogens (tertiary/aromatic N) is 2. The van der Waals surface area contributed by atoms with Crippen LogP contribution in [0.15, 0.2) is 48.5 Å². The number of anilines is 2. The minimum atomic E-state index is -1.01. The Hall–Kier alpha value is -3.61. The first-order chi connectivity index (χ1) is 15.4. The van der Waals surface area contributed by atoms with E-state index in [-0.39, 0.29) is 17.9 Å². The summed E-state index contributed by atoms with van der Waals surface area (Å²) >= 11 is 0. The van der Waals surface area contributed by atoms with E-state index in [4.69, 9.17) is 9.72 Å². The van der Waals surface area contributed by atoms with Crippen molar-refractivity contribution in [3.05, 3.63) is 59.7 Å². The molecule has 1 aromatic heterocycles. The fourth-order valence-corrected chi connectivity index (χ4v) is 4.16. The zero-order valence-corrected chi connectivity index (χ0v) is 18.3. The zero-order valence-electron chi connectivity index (χ0n) is 18.3. The van der Waals surface area contributed by atoms with Gasteiger partial charge in [-0.05, 0) is 60.7 Å². The van der Waals surface area contributed by atoms with Crippen LogP contribution in [-0.2, 0) is 11.2 Å². The molecule has 7 nitrogen and oxygen atoms in total. The van der Waals surface area contributed by atoms with Crippen molar-refractivity contribution in [2.75, 3.05) is 30.4 Å². The topological polar surface area (TPSA) is 91.8 Å². The highest BCUT2D eigenvalue weighted by Gasteiger charge is 2.21. The lowest BCUT2D eigenvalue weighted by Gasteiger charge is -2.32. The van der Waals surface area contributed by atoms with Gasteiger partial charge in [-0.25, -0.2) is 9.78 Å². The summed E-state index contributed by atoms with van der Waals surface area (Å²) in [7, 11) is 1.59. The highest BCUT2D eigenvalue weighted by molar-refractivity contribution is 6.05. The number of hydrogen-bond acceptors (Lipinski definition) is 5. The largest absolute Gasteiger partial charge is 0.497 e. The summed E-state index contributed by atoms with van der Waals surface area (Å²) in [4.78, 5) is 31.4. The van der Waals surface area contributed by atoms with Gasteiger partial charge in [0.05, 0.1) is 24.6 Å². The van der Waals surface area contributed by atoms with E-state index in [0.717, 1.165) is 30.8 Å². The number of benzene rings is 2. The van der Waals surface area contributed by atoms with Crippen LogP contribution >= 0.6 is 0 Å². The standard InChI is InChI=1S/C25H27N3O4/c1-16-4-3-11-28(15-16)23-14-21(25(30)31)20-13-18(7-10-22(20)27-23)26-24(29)12-17-5-8-19(32-2)9-6-17/h5-10,13-14,16H,3-4,11-12,15H2,1-2H3,(H,26,29)(H,30,31)/t16-/m1/s1. The van der Waals surface area contributed by atoms with E-state index in [0.29, 0.717) is 28.3 Å². The molecule has 0 radical (unpaired) electrons. The number of amides is 1. The number of pyridine rings is 1. The molecule has 2 N–H and O–H groups in total. The van der Waals surface area contributed by atoms with Gasteiger partial charge in [0.15, 0.2) is 0 Å². The Morgan fingerprint density at radius 2 is 1.97 bits per heavy atom. The fourth-order valence-electron chi connectivity index (χ4n) is 4.16. The summed E-state index contributed by atoms with van der Waals surface area (Å²) in [6.07, 6.45) is 2.45. The molecule has 4 rings (SSSR count). The molecule has 1 saturated heterocycles. The number of nitrogens with one attached hydrogen (secondary N) is 1. The van der Waals surface area contributed by atoms with Gasteiger partial charge >= 0.3 is 5.97 Å². The number of carbonyl (C=O) groups is 2. The summed E-state index contributed by atoms with van der Waals surface area (Å²) in [6, 6.07) is 14.2. The summed E-state index contributed by atoms with van der Waals surface area (Å²) in [5, 5.41) is 13.2. The second-order valence-electron chi connectivity index (χ2n) is 8.33. The number of hydrogen-bond donors (Lipinski definition) is 2. The minimum Gasteiger partial charge on any atom is -0.497 e. The van der Waals surface area contributed by atoms with Crippen LogP contribution in [0.2, 0.25) is 0 Å². The molecule has 32 heavy (non-hydrogen) atoms. The Kier molecular flexibility index (Phi) is 6.25. The number of carboxylic acid groups (broad SMARTS) is 1. The Bertz CT molecular complexity index is 1140. The predicted octanol–water partition coefficient (Wildman–Crippen LogP) is 4.36. The van der Waals surface area contributed by atoms with E-state index in [1.165, 1.54) is 6.42 Å². The molecule has 0 spiro atoms. The van der Waals surface area contributed by atoms with Crippen molar-refractivity contribution in [2.45, 2.75) is 26.2 Å². The van der Waals surface area contributed by atoms with Crippen LogP contribution in [0, 0.1) is 5.92 Å². The SMILES string of the molecule is COc1ccc(CC(=O)Nc2ccc3nc(N4CCC[C@@H](C)C4)cc(C(=O)O)c3c2)cc1. The number of ether oxygens (including phenoxy) is 1. The van der Waals surface area contributed by atoms with Crippen molar-refractivity contribution in [3.63, 3.8) is 0 Å². The number of methoxy groups -OCH3 is 1. The van der Waals surface area contributed by atoms with Gasteiger partial charge in [0.2, 0.25) is 5.91 Å². The highest BCUT2D eigenvalue weighted by Crippen LogP contribution is 2.28. The van der Waals surface area contributed by atoms with Crippen molar-refractivity contribution >= 4 is 34.3 Å². The average molecular weight is 434 g/mol. The highest BCUT2D eigenvalue weighted by atomic mass is 16.5. The second-order valence-corrected chi connectivity index (χ2v) is 8.33. The van der Waals surface area contributed by atoms with E-state index in [9.17, 15) is 14.7 Å². The third-order valence-electron chi connectivity index (χ3n) is 5.81. The molecule has 166 valence electrons. The maximum Gasteiger partial charge on any atom is 0.336 e. The van der Waals surface area contributed by atoms with Crippen LogP contribution in [0.5, 0.6) is 5.75 Å². The maximum absolute atomic E-state index is 12.5. The van der Waals surface area contributed by atoms with E-state index in [1.54, 1.807) is 31.4 Å². The van der Waals surface area contributed by atoms with Gasteiger partial charge in [0, 0.05) is 24.2 Å². The van der Waals surface area contributed by atoms with Gasteiger partial charge in [0.25, 0.3) is 0 Å². The molecule has 0 aliphatic carbocycles. The Labute approximate surface area is 187 Å². The van der Waals surface area contributed by atoms with Crippen molar-refractivity contribution < 1.29 is 19.4 Å². The molecule has 0 bridgehead atoms. The first-order valence-corrected chi connectivity index (χ1v) is 10.8. The summed E-state index contributed by atoms with van der Waals surface area (Å²) in [5.41, 5.74) is 2.19. The lowest BCUT2D eigenvalue weighted by molar-refractivity contribution is -0.115. The Morgan fingerprint density at radius 3 is 2.66 bits per heavy atom. The van der Waals surface area contributed by atoms with Crippen molar-refractivity contribution in [1.29, 1.82) is 0 Å². The second kappa shape index (κ2) is 9.26.